The molecule has 2 heteroatoms. The van der Waals surface area contributed by atoms with E-state index in [9.17, 15) is 4.79 Å². The first kappa shape index (κ1) is 20.0. The van der Waals surface area contributed by atoms with E-state index in [0.717, 1.165) is 5.56 Å². The Balaban J connectivity index is 1.59. The minimum absolute atomic E-state index is 0.0500. The molecule has 0 radical (unpaired) electrons. The largest absolute Gasteiger partial charge is 0.344 e. The summed E-state index contributed by atoms with van der Waals surface area (Å²) in [4.78, 5) is 15.8. The van der Waals surface area contributed by atoms with E-state index in [1.807, 2.05) is 36.4 Å². The lowest BCUT2D eigenvalue weighted by molar-refractivity contribution is 0.103. The second-order valence-electron chi connectivity index (χ2n) is 9.34. The van der Waals surface area contributed by atoms with Crippen molar-refractivity contribution >= 4 is 17.2 Å². The van der Waals surface area contributed by atoms with E-state index >= 15 is 0 Å². The zero-order valence-electron chi connectivity index (χ0n) is 19.4. The highest BCUT2D eigenvalue weighted by atomic mass is 16.1. The molecule has 2 aliphatic rings. The van der Waals surface area contributed by atoms with Crippen LogP contribution in [0.25, 0.3) is 11.1 Å². The summed E-state index contributed by atoms with van der Waals surface area (Å²) in [5.74, 6) is 0.0500. The molecule has 0 unspecified atom stereocenters. The Morgan fingerprint density at radius 3 is 1.77 bits per heavy atom. The Morgan fingerprint density at radius 2 is 1.09 bits per heavy atom. The maximum atomic E-state index is 13.5. The molecule has 7 rings (SSSR count). The van der Waals surface area contributed by atoms with Crippen LogP contribution in [0, 0.1) is 0 Å². The van der Waals surface area contributed by atoms with Crippen LogP contribution in [0.4, 0.5) is 11.4 Å². The topological polar surface area (TPSA) is 20.3 Å². The molecule has 0 saturated carbocycles. The summed E-state index contributed by atoms with van der Waals surface area (Å²) >= 11 is 0. The molecule has 5 aromatic rings. The van der Waals surface area contributed by atoms with Gasteiger partial charge in [0.2, 0.25) is 0 Å². The number of anilines is 2. The SMILES string of the molecule is CN1c2ccccc2C2(c3ccccc3-c3ccc(C(=O)c4ccccc4)cc32)c2ccccc21. The van der Waals surface area contributed by atoms with Crippen molar-refractivity contribution in [1.82, 2.24) is 0 Å². The van der Waals surface area contributed by atoms with Gasteiger partial charge in [0.25, 0.3) is 0 Å². The van der Waals surface area contributed by atoms with Gasteiger partial charge in [0.1, 0.15) is 0 Å². The molecule has 35 heavy (non-hydrogen) atoms. The molecule has 0 N–H and O–H groups in total. The number of rotatable bonds is 2. The van der Waals surface area contributed by atoms with E-state index in [0.29, 0.717) is 5.56 Å². The quantitative estimate of drug-likeness (QED) is 0.257. The van der Waals surface area contributed by atoms with Crippen LogP contribution >= 0.6 is 0 Å². The molecule has 1 aliphatic heterocycles. The van der Waals surface area contributed by atoms with Gasteiger partial charge in [-0.25, -0.2) is 0 Å². The average molecular weight is 450 g/mol. The second kappa shape index (κ2) is 7.28. The number of benzene rings is 5. The van der Waals surface area contributed by atoms with E-state index in [4.69, 9.17) is 0 Å². The molecule has 0 bridgehead atoms. The van der Waals surface area contributed by atoms with Gasteiger partial charge in [-0.1, -0.05) is 103 Å². The standard InChI is InChI=1S/C33H23NO/c1-34-30-17-9-7-15-27(30)33(28-16-8-10-18-31(28)34)26-14-6-5-13-24(26)25-20-19-23(21-29(25)33)32(35)22-11-3-2-4-12-22/h2-21H,1H3. The Hall–Kier alpha value is -4.43. The average Bonchev–Trinajstić information content (AvgIpc) is 3.22. The van der Waals surface area contributed by atoms with Crippen molar-refractivity contribution < 1.29 is 4.79 Å². The molecule has 166 valence electrons. The number of para-hydroxylation sites is 2. The normalized spacial score (nSPS) is 14.1. The molecule has 0 fully saturated rings. The maximum absolute atomic E-state index is 13.5. The summed E-state index contributed by atoms with van der Waals surface area (Å²) in [5, 5.41) is 0. The molecule has 0 saturated heterocycles. The lowest BCUT2D eigenvalue weighted by Crippen LogP contribution is -2.36. The third-order valence-corrected chi connectivity index (χ3v) is 7.68. The first-order valence-corrected chi connectivity index (χ1v) is 12.0. The van der Waals surface area contributed by atoms with Gasteiger partial charge in [-0.05, 0) is 51.6 Å². The predicted molar refractivity (Wildman–Crippen MR) is 142 cm³/mol. The van der Waals surface area contributed by atoms with Crippen LogP contribution in [0.2, 0.25) is 0 Å². The highest BCUT2D eigenvalue weighted by Crippen LogP contribution is 2.62. The van der Waals surface area contributed by atoms with Gasteiger partial charge < -0.3 is 4.90 Å². The highest BCUT2D eigenvalue weighted by molar-refractivity contribution is 6.10. The fourth-order valence-electron chi connectivity index (χ4n) is 6.20. The van der Waals surface area contributed by atoms with Gasteiger partial charge in [0, 0.05) is 29.5 Å². The predicted octanol–water partition coefficient (Wildman–Crippen LogP) is 7.36. The number of ketones is 1. The monoisotopic (exact) mass is 449 g/mol. The molecule has 0 aromatic heterocycles. The number of fused-ring (bicyclic) bond motifs is 9. The van der Waals surface area contributed by atoms with Crippen LogP contribution in [-0.4, -0.2) is 12.8 Å². The van der Waals surface area contributed by atoms with Gasteiger partial charge in [-0.2, -0.15) is 0 Å². The Bertz CT molecular complexity index is 1590. The Morgan fingerprint density at radius 1 is 0.543 bits per heavy atom. The van der Waals surface area contributed by atoms with E-state index in [1.165, 1.54) is 44.8 Å². The van der Waals surface area contributed by atoms with Crippen LogP contribution in [-0.2, 0) is 5.41 Å². The van der Waals surface area contributed by atoms with Crippen LogP contribution < -0.4 is 4.90 Å². The molecule has 5 aromatic carbocycles. The van der Waals surface area contributed by atoms with Gasteiger partial charge in [-0.3, -0.25) is 4.79 Å². The maximum Gasteiger partial charge on any atom is 0.193 e. The highest BCUT2D eigenvalue weighted by Gasteiger charge is 2.51. The van der Waals surface area contributed by atoms with Crippen molar-refractivity contribution in [3.63, 3.8) is 0 Å². The number of carbonyl (C=O) groups excluding carboxylic acids is 1. The van der Waals surface area contributed by atoms with Gasteiger partial charge in [0.05, 0.1) is 5.41 Å². The van der Waals surface area contributed by atoms with E-state index in [2.05, 4.69) is 96.9 Å². The third-order valence-electron chi connectivity index (χ3n) is 7.68. The van der Waals surface area contributed by atoms with Gasteiger partial charge in [-0.15, -0.1) is 0 Å². The molecule has 1 spiro atoms. The number of nitrogens with zero attached hydrogens (tertiary/aromatic N) is 1. The molecule has 1 heterocycles. The van der Waals surface area contributed by atoms with Crippen molar-refractivity contribution in [2.75, 3.05) is 11.9 Å². The number of hydrogen-bond donors (Lipinski definition) is 0. The number of hydrogen-bond acceptors (Lipinski definition) is 2. The van der Waals surface area contributed by atoms with Crippen molar-refractivity contribution in [2.45, 2.75) is 5.41 Å². The molecular weight excluding hydrogens is 426 g/mol. The van der Waals surface area contributed by atoms with Crippen LogP contribution in [0.3, 0.4) is 0 Å². The molecular formula is C33H23NO. The van der Waals surface area contributed by atoms with Crippen molar-refractivity contribution in [3.05, 3.63) is 155 Å². The molecule has 0 amide bonds. The zero-order chi connectivity index (χ0) is 23.6. The summed E-state index contributed by atoms with van der Waals surface area (Å²) < 4.78 is 0. The summed E-state index contributed by atoms with van der Waals surface area (Å²) in [7, 11) is 2.14. The third kappa shape index (κ3) is 2.57. The summed E-state index contributed by atoms with van der Waals surface area (Å²) in [6.45, 7) is 0. The van der Waals surface area contributed by atoms with Crippen LogP contribution in [0.1, 0.15) is 38.2 Å². The molecule has 1 aliphatic carbocycles. The lowest BCUT2D eigenvalue weighted by atomic mass is 9.64. The molecule has 0 atom stereocenters. The van der Waals surface area contributed by atoms with E-state index in [-0.39, 0.29) is 5.78 Å². The fraction of sp³-hybridized carbons (Fsp3) is 0.0606. The van der Waals surface area contributed by atoms with Gasteiger partial charge in [0.15, 0.2) is 5.78 Å². The Labute approximate surface area is 205 Å². The second-order valence-corrected chi connectivity index (χ2v) is 9.34. The summed E-state index contributed by atoms with van der Waals surface area (Å²) in [5.41, 5.74) is 10.7. The fourth-order valence-corrected chi connectivity index (χ4v) is 6.20. The van der Waals surface area contributed by atoms with Crippen molar-refractivity contribution in [2.24, 2.45) is 0 Å². The Kier molecular flexibility index (Phi) is 4.16. The van der Waals surface area contributed by atoms with Crippen molar-refractivity contribution in [1.29, 1.82) is 0 Å². The number of carbonyl (C=O) groups is 1. The summed E-state index contributed by atoms with van der Waals surface area (Å²) in [6, 6.07) is 41.9. The van der Waals surface area contributed by atoms with E-state index in [1.54, 1.807) is 0 Å². The minimum atomic E-state index is -0.487. The van der Waals surface area contributed by atoms with Crippen LogP contribution in [0.15, 0.2) is 121 Å². The van der Waals surface area contributed by atoms with Crippen LogP contribution in [0.5, 0.6) is 0 Å². The smallest absolute Gasteiger partial charge is 0.193 e. The minimum Gasteiger partial charge on any atom is -0.344 e. The van der Waals surface area contributed by atoms with E-state index < -0.39 is 5.41 Å². The van der Waals surface area contributed by atoms with Gasteiger partial charge >= 0.3 is 0 Å². The zero-order valence-corrected chi connectivity index (χ0v) is 19.4. The first-order chi connectivity index (χ1) is 17.2. The molecule has 2 nitrogen and oxygen atoms in total. The lowest BCUT2D eigenvalue weighted by Gasteiger charge is -2.43. The van der Waals surface area contributed by atoms with Crippen molar-refractivity contribution in [3.8, 4) is 11.1 Å². The summed E-state index contributed by atoms with van der Waals surface area (Å²) in [6.07, 6.45) is 0. The first-order valence-electron chi connectivity index (χ1n) is 12.0.